The number of carbonyl (C=O) groups excluding carboxylic acids is 1. The average Bonchev–Trinajstić information content (AvgIpc) is 2.45. The fourth-order valence-electron chi connectivity index (χ4n) is 12.9. The van der Waals surface area contributed by atoms with Gasteiger partial charge in [-0.15, -0.1) is 0 Å². The summed E-state index contributed by atoms with van der Waals surface area (Å²) >= 11 is 0. The molecule has 0 fully saturated rings. The molecule has 8 aromatic carbocycles. The zero-order valence-electron chi connectivity index (χ0n) is 49.5. The van der Waals surface area contributed by atoms with E-state index in [4.69, 9.17) is 42.0 Å². The van der Waals surface area contributed by atoms with Gasteiger partial charge in [-0.3, -0.25) is 9.80 Å². The van der Waals surface area contributed by atoms with Crippen LogP contribution in [0.2, 0.25) is 12.6 Å². The lowest BCUT2D eigenvalue weighted by molar-refractivity contribution is 0.0845. The summed E-state index contributed by atoms with van der Waals surface area (Å²) in [6.07, 6.45) is 11.0. The van der Waals surface area contributed by atoms with Crippen LogP contribution in [0.25, 0.3) is 44.8 Å². The minimum Gasteiger partial charge on any atom is -0.497 e. The van der Waals surface area contributed by atoms with Crippen LogP contribution in [0.1, 0.15) is 84.5 Å². The van der Waals surface area contributed by atoms with E-state index in [1.165, 1.54) is 38.6 Å². The van der Waals surface area contributed by atoms with E-state index in [-0.39, 0.29) is 0 Å². The molecule has 1 N–H and O–H groups in total. The van der Waals surface area contributed by atoms with E-state index in [1.54, 1.807) is 14.2 Å². The maximum Gasteiger partial charge on any atom is 0.407 e. The van der Waals surface area contributed by atoms with Crippen molar-refractivity contribution < 1.29 is 46.8 Å². The fourth-order valence-corrected chi connectivity index (χ4v) is 15.3. The third-order valence-corrected chi connectivity index (χ3v) is 20.0. The number of hydrogen-bond acceptors (Lipinski definition) is 12. The standard InChI is InChI=1S/C41H50N2O8Si.C30H25NO2/c1-6-49-52(5,50-7-2)27-8-24-42-40(44)47-26-9-25-43-28-37-35-19-21-39-36(34(35)18-20-38(37)48-29-43)22-23-41(51-39,30-10-14-32(45-3)15-11-30)31-12-16-33(46-4)17-13-31;1-2-17-31-18-25-21-12-14-29-24(20(21)11-13-28(25)32-19-31)15-16-30(33-29)26-9-5-3-7-22(26)23-8-4-6-10-27(23)30/h10-23H,6-9,24-29H2,1-5H3,(H,42,44);3-16H,2,17-19H2,1H3. The summed E-state index contributed by atoms with van der Waals surface area (Å²) < 4.78 is 54.3. The molecule has 0 atom stereocenters. The maximum absolute atomic E-state index is 12.3. The summed E-state index contributed by atoms with van der Waals surface area (Å²) in [5.41, 5.74) is 10.1. The molecule has 0 unspecified atom stereocenters. The fraction of sp³-hybridized carbons (Fsp3) is 0.310. The van der Waals surface area contributed by atoms with Gasteiger partial charge in [-0.05, 0) is 163 Å². The van der Waals surface area contributed by atoms with Gasteiger partial charge in [0.1, 0.15) is 48.0 Å². The van der Waals surface area contributed by atoms with E-state index in [1.807, 2.05) is 62.4 Å². The number of fused-ring (bicyclic) bond motifs is 15. The smallest absolute Gasteiger partial charge is 0.407 e. The predicted octanol–water partition coefficient (Wildman–Crippen LogP) is 14.7. The number of alkyl carbamates (subject to hydrolysis) is 1. The van der Waals surface area contributed by atoms with Gasteiger partial charge in [-0.25, -0.2) is 4.79 Å². The largest absolute Gasteiger partial charge is 0.497 e. The van der Waals surface area contributed by atoms with Crippen molar-refractivity contribution in [2.45, 2.75) is 76.9 Å². The van der Waals surface area contributed by atoms with E-state index in [2.05, 4.69) is 150 Å². The number of hydrogen-bond donors (Lipinski definition) is 1. The van der Waals surface area contributed by atoms with Crippen LogP contribution in [0.3, 0.4) is 0 Å². The first-order valence-electron chi connectivity index (χ1n) is 29.9. The van der Waals surface area contributed by atoms with Gasteiger partial charge in [-0.2, -0.15) is 0 Å². The summed E-state index contributed by atoms with van der Waals surface area (Å²) in [6.45, 7) is 15.0. The zero-order valence-corrected chi connectivity index (χ0v) is 50.5. The molecule has 1 spiro atoms. The lowest BCUT2D eigenvalue weighted by Gasteiger charge is -2.37. The maximum atomic E-state index is 12.3. The molecule has 1 aliphatic carbocycles. The monoisotopic (exact) mass is 1160 g/mol. The quantitative estimate of drug-likeness (QED) is 0.0651. The number of nitrogens with one attached hydrogen (secondary N) is 1. The van der Waals surface area contributed by atoms with Gasteiger partial charge in [-0.1, -0.05) is 91.9 Å². The minimum absolute atomic E-state index is 0.328. The van der Waals surface area contributed by atoms with Crippen molar-refractivity contribution in [2.24, 2.45) is 0 Å². The Morgan fingerprint density at radius 1 is 0.565 bits per heavy atom. The molecule has 5 aliphatic rings. The topological polar surface area (TPSA) is 119 Å². The van der Waals surface area contributed by atoms with Crippen molar-refractivity contribution >= 4 is 48.4 Å². The SMILES string of the molecule is CCCN1COc2ccc3c4c(ccc3c2C1)OC1(C=C4)c2ccccc2-c2ccccc21.CCO[Si](C)(CCCNC(=O)OCCCN1COc2ccc3c4c(ccc3c2C1)OC(c1ccc(OC)cc1)(c1ccc(OC)cc1)C=C4)OCC. The molecule has 0 saturated heterocycles. The van der Waals surface area contributed by atoms with Gasteiger partial charge in [0.15, 0.2) is 11.2 Å². The van der Waals surface area contributed by atoms with Crippen LogP contribution in [-0.2, 0) is 37.9 Å². The molecule has 0 radical (unpaired) electrons. The van der Waals surface area contributed by atoms with Crippen LogP contribution in [0.5, 0.6) is 34.5 Å². The predicted molar refractivity (Wildman–Crippen MR) is 337 cm³/mol. The van der Waals surface area contributed by atoms with Crippen LogP contribution in [-0.4, -0.2) is 91.6 Å². The van der Waals surface area contributed by atoms with E-state index in [0.717, 1.165) is 118 Å². The Labute approximate surface area is 499 Å². The Morgan fingerprint density at radius 2 is 1.05 bits per heavy atom. The van der Waals surface area contributed by atoms with Crippen molar-refractivity contribution in [1.29, 1.82) is 0 Å². The first-order valence-corrected chi connectivity index (χ1v) is 32.4. The Kier molecular flexibility index (Phi) is 16.8. The Morgan fingerprint density at radius 3 is 1.56 bits per heavy atom. The third-order valence-electron chi connectivity index (χ3n) is 17.0. The van der Waals surface area contributed by atoms with Crippen LogP contribution >= 0.6 is 0 Å². The number of carbonyl (C=O) groups is 1. The normalized spacial score (nSPS) is 15.7. The Balaban J connectivity index is 0.000000183. The van der Waals surface area contributed by atoms with Gasteiger partial charge < -0.3 is 47.3 Å². The van der Waals surface area contributed by atoms with E-state index >= 15 is 0 Å². The minimum atomic E-state index is -2.19. The highest BCUT2D eigenvalue weighted by Gasteiger charge is 2.45. The second-order valence-corrected chi connectivity index (χ2v) is 25.6. The second kappa shape index (κ2) is 24.8. The number of ether oxygens (including phenoxy) is 7. The third kappa shape index (κ3) is 11.3. The van der Waals surface area contributed by atoms with Crippen molar-refractivity contribution in [1.82, 2.24) is 15.1 Å². The molecule has 438 valence electrons. The van der Waals surface area contributed by atoms with Crippen molar-refractivity contribution in [3.63, 3.8) is 0 Å². The van der Waals surface area contributed by atoms with Crippen LogP contribution in [0.15, 0.2) is 158 Å². The van der Waals surface area contributed by atoms with Gasteiger partial charge in [0.25, 0.3) is 0 Å². The van der Waals surface area contributed by atoms with Gasteiger partial charge in [0, 0.05) is 90.4 Å². The molecule has 13 nitrogen and oxygen atoms in total. The molecular weight excluding hydrogens is 1080 g/mol. The van der Waals surface area contributed by atoms with Gasteiger partial charge >= 0.3 is 14.7 Å². The molecule has 85 heavy (non-hydrogen) atoms. The molecule has 8 aromatic rings. The average molecular weight is 1160 g/mol. The second-order valence-electron chi connectivity index (χ2n) is 22.3. The van der Waals surface area contributed by atoms with Crippen molar-refractivity contribution in [3.05, 3.63) is 202 Å². The molecule has 4 aliphatic heterocycles. The van der Waals surface area contributed by atoms with Crippen LogP contribution < -0.4 is 33.7 Å². The first kappa shape index (κ1) is 57.3. The van der Waals surface area contributed by atoms with Gasteiger partial charge in [0.2, 0.25) is 0 Å². The summed E-state index contributed by atoms with van der Waals surface area (Å²) in [5, 5.41) is 7.55. The highest BCUT2D eigenvalue weighted by Crippen LogP contribution is 2.54. The zero-order chi connectivity index (χ0) is 58.5. The van der Waals surface area contributed by atoms with Gasteiger partial charge in [0.05, 0.1) is 20.8 Å². The highest BCUT2D eigenvalue weighted by atomic mass is 28.4. The highest BCUT2D eigenvalue weighted by molar-refractivity contribution is 6.66. The van der Waals surface area contributed by atoms with E-state index in [9.17, 15) is 4.79 Å². The molecule has 1 amide bonds. The van der Waals surface area contributed by atoms with Crippen molar-refractivity contribution in [3.8, 4) is 45.6 Å². The summed E-state index contributed by atoms with van der Waals surface area (Å²) in [6, 6.07) is 51.1. The molecule has 4 heterocycles. The number of rotatable bonds is 18. The summed E-state index contributed by atoms with van der Waals surface area (Å²) in [5.74, 6) is 5.19. The van der Waals surface area contributed by atoms with Crippen LogP contribution in [0.4, 0.5) is 4.79 Å². The molecule has 0 saturated carbocycles. The number of nitrogens with zero attached hydrogens (tertiary/aromatic N) is 2. The lowest BCUT2D eigenvalue weighted by Crippen LogP contribution is -2.39. The molecular formula is C71H75N3O10Si. The molecule has 0 bridgehead atoms. The van der Waals surface area contributed by atoms with Crippen LogP contribution in [0, 0.1) is 0 Å². The Bertz CT molecular complexity index is 3690. The molecule has 13 rings (SSSR count). The van der Waals surface area contributed by atoms with E-state index < -0.39 is 25.9 Å². The number of amides is 1. The number of benzene rings is 8. The summed E-state index contributed by atoms with van der Waals surface area (Å²) in [7, 11) is 1.15. The number of methoxy groups -OCH3 is 2. The summed E-state index contributed by atoms with van der Waals surface area (Å²) in [4.78, 5) is 16.9. The molecule has 14 heteroatoms. The first-order chi connectivity index (χ1) is 41.6. The lowest BCUT2D eigenvalue weighted by atomic mass is 9.83. The van der Waals surface area contributed by atoms with Crippen molar-refractivity contribution in [2.75, 3.05) is 67.1 Å². The Hall–Kier alpha value is -8.11. The molecule has 0 aromatic heterocycles. The van der Waals surface area contributed by atoms with E-state index in [0.29, 0.717) is 46.2 Å².